The highest BCUT2D eigenvalue weighted by atomic mass is 16.3. The third-order valence-electron chi connectivity index (χ3n) is 11.7. The summed E-state index contributed by atoms with van der Waals surface area (Å²) in [6, 6.07) is 84.9. The van der Waals surface area contributed by atoms with Crippen molar-refractivity contribution >= 4 is 49.8 Å². The summed E-state index contributed by atoms with van der Waals surface area (Å²) in [5, 5.41) is 4.74. The van der Waals surface area contributed by atoms with Gasteiger partial charge in [0.25, 0.3) is 0 Å². The van der Waals surface area contributed by atoms with Gasteiger partial charge in [-0.2, -0.15) is 0 Å². The van der Waals surface area contributed by atoms with Crippen LogP contribution in [0.5, 0.6) is 0 Å². The minimum absolute atomic E-state index is 0.891. The normalized spacial score (nSPS) is 11.3. The molecule has 0 unspecified atom stereocenters. The number of furan rings is 1. The molecule has 0 aliphatic rings. The van der Waals surface area contributed by atoms with E-state index in [0.29, 0.717) is 0 Å². The van der Waals surface area contributed by atoms with Crippen LogP contribution in [-0.2, 0) is 0 Å². The number of nitrogens with zero attached hydrogens (tertiary/aromatic N) is 1. The van der Waals surface area contributed by atoms with Crippen molar-refractivity contribution in [1.82, 2.24) is 0 Å². The summed E-state index contributed by atoms with van der Waals surface area (Å²) in [5.74, 6) is 0. The zero-order chi connectivity index (χ0) is 39.8. The molecule has 0 N–H and O–H groups in total. The molecule has 2 heteroatoms. The lowest BCUT2D eigenvalue weighted by Gasteiger charge is -2.26. The lowest BCUT2D eigenvalue weighted by molar-refractivity contribution is 0.669. The van der Waals surface area contributed by atoms with Crippen molar-refractivity contribution in [3.05, 3.63) is 237 Å². The molecule has 10 aromatic carbocycles. The Hall–Kier alpha value is -7.94. The van der Waals surface area contributed by atoms with Crippen LogP contribution in [0.25, 0.3) is 88.3 Å². The fraction of sp³-hybridized carbons (Fsp3) is 0. The van der Waals surface area contributed by atoms with Gasteiger partial charge >= 0.3 is 0 Å². The van der Waals surface area contributed by atoms with Gasteiger partial charge in [-0.1, -0.05) is 176 Å². The lowest BCUT2D eigenvalue weighted by Crippen LogP contribution is -2.10. The molecule has 1 aromatic heterocycles. The van der Waals surface area contributed by atoms with Crippen LogP contribution in [0, 0.1) is 0 Å². The maximum absolute atomic E-state index is 6.31. The lowest BCUT2D eigenvalue weighted by atomic mass is 9.91. The molecule has 0 saturated heterocycles. The maximum atomic E-state index is 6.31. The van der Waals surface area contributed by atoms with Gasteiger partial charge in [-0.05, 0) is 127 Å². The van der Waals surface area contributed by atoms with Crippen LogP contribution in [0.4, 0.5) is 17.1 Å². The van der Waals surface area contributed by atoms with Crippen molar-refractivity contribution in [2.45, 2.75) is 0 Å². The molecule has 0 aliphatic heterocycles. The van der Waals surface area contributed by atoms with Crippen LogP contribution in [-0.4, -0.2) is 0 Å². The molecule has 11 rings (SSSR count). The molecule has 0 amide bonds. The Morgan fingerprint density at radius 1 is 0.267 bits per heavy atom. The van der Waals surface area contributed by atoms with Crippen LogP contribution < -0.4 is 4.90 Å². The molecule has 0 saturated carbocycles. The number of hydrogen-bond donors (Lipinski definition) is 0. The highest BCUT2D eigenvalue weighted by Crippen LogP contribution is 2.43. The summed E-state index contributed by atoms with van der Waals surface area (Å²) in [5.41, 5.74) is 16.8. The second kappa shape index (κ2) is 15.1. The van der Waals surface area contributed by atoms with E-state index in [0.717, 1.165) is 55.7 Å². The van der Waals surface area contributed by atoms with Crippen molar-refractivity contribution in [1.29, 1.82) is 0 Å². The Bertz CT molecular complexity index is 3290. The number of fused-ring (bicyclic) bond motifs is 4. The van der Waals surface area contributed by atoms with Crippen molar-refractivity contribution in [3.63, 3.8) is 0 Å². The monoisotopic (exact) mass is 765 g/mol. The van der Waals surface area contributed by atoms with Crippen LogP contribution in [0.2, 0.25) is 0 Å². The molecule has 0 radical (unpaired) electrons. The van der Waals surface area contributed by atoms with E-state index < -0.39 is 0 Å². The van der Waals surface area contributed by atoms with E-state index in [1.54, 1.807) is 0 Å². The molecule has 0 spiro atoms. The average molecular weight is 766 g/mol. The molecule has 60 heavy (non-hydrogen) atoms. The zero-order valence-corrected chi connectivity index (χ0v) is 32.9. The van der Waals surface area contributed by atoms with Crippen LogP contribution in [0.1, 0.15) is 0 Å². The number of para-hydroxylation sites is 1. The summed E-state index contributed by atoms with van der Waals surface area (Å²) in [6.45, 7) is 0. The second-order valence-electron chi connectivity index (χ2n) is 15.3. The standard InChI is InChI=1S/C58H39NO/c1-3-13-40(14-4-1)47-31-36-52(43-16-5-2-6-17-43)55(39-47)44-29-34-50(35-30-44)59(49-32-27-42(28-33-49)46-26-25-41-15-7-8-18-45(41)37-46)51-20-11-19-48(38-51)53-22-12-24-57-58(53)54-21-9-10-23-56(54)60-57/h1-39H. The molecule has 282 valence electrons. The fourth-order valence-corrected chi connectivity index (χ4v) is 8.70. The predicted molar refractivity (Wildman–Crippen MR) is 253 cm³/mol. The highest BCUT2D eigenvalue weighted by Gasteiger charge is 2.18. The second-order valence-corrected chi connectivity index (χ2v) is 15.3. The number of anilines is 3. The van der Waals surface area contributed by atoms with Gasteiger partial charge in [0.1, 0.15) is 11.2 Å². The van der Waals surface area contributed by atoms with Crippen LogP contribution in [0.3, 0.4) is 0 Å². The summed E-state index contributed by atoms with van der Waals surface area (Å²) in [6.07, 6.45) is 0. The first kappa shape index (κ1) is 35.2. The van der Waals surface area contributed by atoms with Gasteiger partial charge < -0.3 is 9.32 Å². The van der Waals surface area contributed by atoms with Gasteiger partial charge in [-0.3, -0.25) is 0 Å². The zero-order valence-electron chi connectivity index (χ0n) is 32.9. The van der Waals surface area contributed by atoms with E-state index in [9.17, 15) is 0 Å². The summed E-state index contributed by atoms with van der Waals surface area (Å²) in [7, 11) is 0. The van der Waals surface area contributed by atoms with Crippen LogP contribution >= 0.6 is 0 Å². The Morgan fingerprint density at radius 2 is 0.817 bits per heavy atom. The van der Waals surface area contributed by atoms with E-state index in [1.165, 1.54) is 49.7 Å². The Morgan fingerprint density at radius 3 is 1.60 bits per heavy atom. The first-order chi connectivity index (χ1) is 29.7. The summed E-state index contributed by atoms with van der Waals surface area (Å²) >= 11 is 0. The topological polar surface area (TPSA) is 16.4 Å². The highest BCUT2D eigenvalue weighted by molar-refractivity contribution is 6.12. The van der Waals surface area contributed by atoms with E-state index in [-0.39, 0.29) is 0 Å². The van der Waals surface area contributed by atoms with E-state index in [1.807, 2.05) is 12.1 Å². The third-order valence-corrected chi connectivity index (χ3v) is 11.7. The van der Waals surface area contributed by atoms with Crippen molar-refractivity contribution in [2.24, 2.45) is 0 Å². The number of rotatable bonds is 8. The number of hydrogen-bond acceptors (Lipinski definition) is 2. The molecule has 0 fully saturated rings. The molecule has 0 bridgehead atoms. The molecule has 2 nitrogen and oxygen atoms in total. The van der Waals surface area contributed by atoms with E-state index >= 15 is 0 Å². The first-order valence-electron chi connectivity index (χ1n) is 20.5. The summed E-state index contributed by atoms with van der Waals surface area (Å²) < 4.78 is 6.31. The molecule has 1 heterocycles. The molecular formula is C58H39NO. The number of benzene rings is 10. The quantitative estimate of drug-likeness (QED) is 0.153. The van der Waals surface area contributed by atoms with Crippen molar-refractivity contribution < 1.29 is 4.42 Å². The van der Waals surface area contributed by atoms with E-state index in [4.69, 9.17) is 4.42 Å². The molecule has 11 aromatic rings. The van der Waals surface area contributed by atoms with Crippen LogP contribution in [0.15, 0.2) is 241 Å². The minimum atomic E-state index is 0.891. The Balaban J connectivity index is 1.03. The van der Waals surface area contributed by atoms with Gasteiger partial charge in [0, 0.05) is 27.8 Å². The fourth-order valence-electron chi connectivity index (χ4n) is 8.70. The predicted octanol–water partition coefficient (Wildman–Crippen LogP) is 16.5. The van der Waals surface area contributed by atoms with Gasteiger partial charge in [-0.15, -0.1) is 0 Å². The Kier molecular flexibility index (Phi) is 8.87. The third kappa shape index (κ3) is 6.51. The minimum Gasteiger partial charge on any atom is -0.456 e. The maximum Gasteiger partial charge on any atom is 0.136 e. The molecule has 0 atom stereocenters. The van der Waals surface area contributed by atoms with Gasteiger partial charge in [0.2, 0.25) is 0 Å². The summed E-state index contributed by atoms with van der Waals surface area (Å²) in [4.78, 5) is 2.36. The Labute approximate surface area is 349 Å². The van der Waals surface area contributed by atoms with Gasteiger partial charge in [-0.25, -0.2) is 0 Å². The van der Waals surface area contributed by atoms with E-state index in [2.05, 4.69) is 229 Å². The largest absolute Gasteiger partial charge is 0.456 e. The SMILES string of the molecule is c1ccc(-c2ccc(-c3ccccc3)c(-c3ccc(N(c4ccc(-c5ccc6ccccc6c5)cc4)c4cccc(-c5cccc6oc7ccccc7c56)c4)cc3)c2)cc1. The molecule has 0 aliphatic carbocycles. The average Bonchev–Trinajstić information content (AvgIpc) is 3.72. The van der Waals surface area contributed by atoms with Gasteiger partial charge in [0.15, 0.2) is 0 Å². The molecular weight excluding hydrogens is 727 g/mol. The first-order valence-corrected chi connectivity index (χ1v) is 20.5. The smallest absolute Gasteiger partial charge is 0.136 e. The van der Waals surface area contributed by atoms with Crippen molar-refractivity contribution in [2.75, 3.05) is 4.90 Å². The van der Waals surface area contributed by atoms with Gasteiger partial charge in [0.05, 0.1) is 0 Å². The van der Waals surface area contributed by atoms with Crippen molar-refractivity contribution in [3.8, 4) is 55.6 Å².